The lowest BCUT2D eigenvalue weighted by Crippen LogP contribution is -2.34. The standard InChI is InChI=1S/C21H18N3/c1-15-7-5-6-12-24(15)20-13-17-8-3-4-9-18(17)21(16(20)2)19-10-11-22-14-23-19/h3-14H,1-2H3/q+1. The smallest absolute Gasteiger partial charge is 0.215 e. The molecule has 4 rings (SSSR count). The Bertz CT molecular complexity index is 1020. The molecule has 2 aromatic heterocycles. The Labute approximate surface area is 141 Å². The quantitative estimate of drug-likeness (QED) is 0.519. The molecule has 2 aromatic carbocycles. The molecule has 24 heavy (non-hydrogen) atoms. The van der Waals surface area contributed by atoms with Crippen molar-refractivity contribution in [3.8, 4) is 16.9 Å². The fraction of sp³-hybridized carbons (Fsp3) is 0.0952. The number of rotatable bonds is 2. The van der Waals surface area contributed by atoms with Crippen molar-refractivity contribution in [3.63, 3.8) is 0 Å². The van der Waals surface area contributed by atoms with Crippen molar-refractivity contribution in [2.45, 2.75) is 13.8 Å². The van der Waals surface area contributed by atoms with Crippen LogP contribution in [0.15, 0.2) is 73.3 Å². The van der Waals surface area contributed by atoms with Crippen LogP contribution in [0.4, 0.5) is 0 Å². The summed E-state index contributed by atoms with van der Waals surface area (Å²) >= 11 is 0. The fourth-order valence-electron chi connectivity index (χ4n) is 3.25. The van der Waals surface area contributed by atoms with Crippen LogP contribution < -0.4 is 4.57 Å². The van der Waals surface area contributed by atoms with E-state index in [0.717, 1.165) is 5.69 Å². The average molecular weight is 312 g/mol. The molecule has 2 heterocycles. The number of aromatic nitrogens is 3. The highest BCUT2D eigenvalue weighted by Crippen LogP contribution is 2.33. The second-order valence-electron chi connectivity index (χ2n) is 5.92. The first-order chi connectivity index (χ1) is 11.8. The van der Waals surface area contributed by atoms with Crippen LogP contribution in [0.25, 0.3) is 27.7 Å². The molecule has 0 saturated carbocycles. The van der Waals surface area contributed by atoms with Crippen LogP contribution in [0.2, 0.25) is 0 Å². The number of benzene rings is 2. The zero-order valence-corrected chi connectivity index (χ0v) is 13.8. The van der Waals surface area contributed by atoms with Crippen LogP contribution in [-0.4, -0.2) is 9.97 Å². The van der Waals surface area contributed by atoms with Gasteiger partial charge in [0.25, 0.3) is 0 Å². The van der Waals surface area contributed by atoms with Gasteiger partial charge >= 0.3 is 0 Å². The third-order valence-corrected chi connectivity index (χ3v) is 4.44. The Kier molecular flexibility index (Phi) is 3.54. The molecule has 4 aromatic rings. The molecule has 3 heteroatoms. The molecule has 0 aliphatic rings. The first-order valence-corrected chi connectivity index (χ1v) is 8.02. The van der Waals surface area contributed by atoms with E-state index in [1.54, 1.807) is 12.5 Å². The van der Waals surface area contributed by atoms with Gasteiger partial charge in [-0.15, -0.1) is 0 Å². The predicted molar refractivity (Wildman–Crippen MR) is 96.0 cm³/mol. The first-order valence-electron chi connectivity index (χ1n) is 8.02. The highest BCUT2D eigenvalue weighted by atomic mass is 15.0. The van der Waals surface area contributed by atoms with Gasteiger partial charge < -0.3 is 0 Å². The molecule has 0 aliphatic heterocycles. The number of aryl methyl sites for hydroxylation is 1. The Morgan fingerprint density at radius 3 is 2.54 bits per heavy atom. The second-order valence-corrected chi connectivity index (χ2v) is 5.92. The average Bonchev–Trinajstić information content (AvgIpc) is 2.63. The minimum absolute atomic E-state index is 0.953. The van der Waals surface area contributed by atoms with Crippen LogP contribution in [0, 0.1) is 13.8 Å². The first kappa shape index (κ1) is 14.5. The zero-order chi connectivity index (χ0) is 16.5. The van der Waals surface area contributed by atoms with Gasteiger partial charge in [-0.3, -0.25) is 0 Å². The normalized spacial score (nSPS) is 10.9. The van der Waals surface area contributed by atoms with Gasteiger partial charge in [0.2, 0.25) is 5.69 Å². The van der Waals surface area contributed by atoms with Crippen LogP contribution in [0.3, 0.4) is 0 Å². The van der Waals surface area contributed by atoms with E-state index in [9.17, 15) is 0 Å². The number of pyridine rings is 1. The molecule has 0 radical (unpaired) electrons. The summed E-state index contributed by atoms with van der Waals surface area (Å²) in [5.74, 6) is 0. The number of hydrogen-bond acceptors (Lipinski definition) is 2. The van der Waals surface area contributed by atoms with E-state index < -0.39 is 0 Å². The molecule has 0 bridgehead atoms. The molecule has 0 N–H and O–H groups in total. The summed E-state index contributed by atoms with van der Waals surface area (Å²) in [5.41, 5.74) is 5.72. The molecule has 0 aliphatic carbocycles. The Morgan fingerprint density at radius 1 is 0.917 bits per heavy atom. The second kappa shape index (κ2) is 5.85. The van der Waals surface area contributed by atoms with Gasteiger partial charge in [0.05, 0.1) is 5.69 Å². The minimum atomic E-state index is 0.953. The van der Waals surface area contributed by atoms with E-state index in [-0.39, 0.29) is 0 Å². The van der Waals surface area contributed by atoms with Crippen molar-refractivity contribution in [2.24, 2.45) is 0 Å². The molecular weight excluding hydrogens is 294 g/mol. The number of nitrogens with zero attached hydrogens (tertiary/aromatic N) is 3. The van der Waals surface area contributed by atoms with Crippen molar-refractivity contribution in [2.75, 3.05) is 0 Å². The fourth-order valence-corrected chi connectivity index (χ4v) is 3.25. The van der Waals surface area contributed by atoms with Crippen molar-refractivity contribution < 1.29 is 4.57 Å². The summed E-state index contributed by atoms with van der Waals surface area (Å²) in [6, 6.07) is 18.9. The van der Waals surface area contributed by atoms with Gasteiger partial charge in [-0.25, -0.2) is 9.97 Å². The van der Waals surface area contributed by atoms with Crippen molar-refractivity contribution in [1.29, 1.82) is 0 Å². The highest BCUT2D eigenvalue weighted by Gasteiger charge is 2.19. The molecule has 0 amide bonds. The monoisotopic (exact) mass is 312 g/mol. The largest absolute Gasteiger partial charge is 0.245 e. The van der Waals surface area contributed by atoms with Crippen molar-refractivity contribution in [3.05, 3.63) is 84.6 Å². The van der Waals surface area contributed by atoms with E-state index in [4.69, 9.17) is 0 Å². The summed E-state index contributed by atoms with van der Waals surface area (Å²) in [7, 11) is 0. The highest BCUT2D eigenvalue weighted by molar-refractivity contribution is 5.99. The van der Waals surface area contributed by atoms with Crippen LogP contribution >= 0.6 is 0 Å². The van der Waals surface area contributed by atoms with Gasteiger partial charge in [-0.05, 0) is 23.8 Å². The van der Waals surface area contributed by atoms with E-state index >= 15 is 0 Å². The maximum absolute atomic E-state index is 4.50. The molecule has 0 fully saturated rings. The molecule has 0 atom stereocenters. The summed E-state index contributed by atoms with van der Waals surface area (Å²) in [5, 5.41) is 2.43. The van der Waals surface area contributed by atoms with Crippen molar-refractivity contribution >= 4 is 10.8 Å². The number of fused-ring (bicyclic) bond motifs is 1. The lowest BCUT2D eigenvalue weighted by molar-refractivity contribution is -0.603. The Morgan fingerprint density at radius 2 is 1.75 bits per heavy atom. The molecule has 0 spiro atoms. The van der Waals surface area contributed by atoms with Gasteiger partial charge in [0, 0.05) is 42.4 Å². The maximum Gasteiger partial charge on any atom is 0.215 e. The molecule has 3 nitrogen and oxygen atoms in total. The summed E-state index contributed by atoms with van der Waals surface area (Å²) in [6.07, 6.45) is 5.51. The Balaban J connectivity index is 2.11. The Hall–Kier alpha value is -3.07. The summed E-state index contributed by atoms with van der Waals surface area (Å²) in [6.45, 7) is 4.29. The summed E-state index contributed by atoms with van der Waals surface area (Å²) in [4.78, 5) is 8.56. The van der Waals surface area contributed by atoms with Gasteiger partial charge in [-0.2, -0.15) is 4.57 Å². The maximum atomic E-state index is 4.50. The molecule has 0 saturated heterocycles. The third-order valence-electron chi connectivity index (χ3n) is 4.44. The molecular formula is C21H18N3+. The van der Waals surface area contributed by atoms with Crippen LogP contribution in [0.1, 0.15) is 11.3 Å². The molecule has 116 valence electrons. The van der Waals surface area contributed by atoms with Crippen molar-refractivity contribution in [1.82, 2.24) is 9.97 Å². The SMILES string of the molecule is Cc1c(-[n+]2ccccc2C)cc2ccccc2c1-c1ccncn1. The molecule has 0 unspecified atom stereocenters. The van der Waals surface area contributed by atoms with E-state index in [2.05, 4.69) is 83.1 Å². The van der Waals surface area contributed by atoms with Crippen LogP contribution in [0.5, 0.6) is 0 Å². The predicted octanol–water partition coefficient (Wildman–Crippen LogP) is 4.19. The zero-order valence-electron chi connectivity index (χ0n) is 13.8. The van der Waals surface area contributed by atoms with Gasteiger partial charge in [-0.1, -0.05) is 30.3 Å². The van der Waals surface area contributed by atoms with Gasteiger partial charge in [0.15, 0.2) is 11.9 Å². The number of hydrogen-bond donors (Lipinski definition) is 0. The topological polar surface area (TPSA) is 29.7 Å². The van der Waals surface area contributed by atoms with E-state index in [0.29, 0.717) is 0 Å². The minimum Gasteiger partial charge on any atom is -0.245 e. The van der Waals surface area contributed by atoms with Gasteiger partial charge in [0.1, 0.15) is 6.33 Å². The lowest BCUT2D eigenvalue weighted by Gasteiger charge is -2.12. The summed E-state index contributed by atoms with van der Waals surface area (Å²) < 4.78 is 2.23. The van der Waals surface area contributed by atoms with E-state index in [1.807, 2.05) is 6.07 Å². The third kappa shape index (κ3) is 2.35. The van der Waals surface area contributed by atoms with Crippen LogP contribution in [-0.2, 0) is 0 Å². The van der Waals surface area contributed by atoms with E-state index in [1.165, 1.54) is 33.3 Å². The lowest BCUT2D eigenvalue weighted by atomic mass is 9.95.